The van der Waals surface area contributed by atoms with Crippen molar-refractivity contribution in [1.82, 2.24) is 4.98 Å². The van der Waals surface area contributed by atoms with Crippen LogP contribution in [-0.2, 0) is 20.1 Å². The smallest absolute Gasteiger partial charge is 0.0607 e. The van der Waals surface area contributed by atoms with Crippen molar-refractivity contribution in [3.05, 3.63) is 91.0 Å². The van der Waals surface area contributed by atoms with E-state index in [1.54, 1.807) is 0 Å². The minimum atomic E-state index is 0. The zero-order valence-electron chi connectivity index (χ0n) is 14.4. The Kier molecular flexibility index (Phi) is 3.72. The van der Waals surface area contributed by atoms with Gasteiger partial charge in [-0.25, -0.2) is 0 Å². The van der Waals surface area contributed by atoms with E-state index in [2.05, 4.69) is 91.0 Å². The maximum atomic E-state index is 4.97. The zero-order valence-corrected chi connectivity index (χ0v) is 16.8. The van der Waals surface area contributed by atoms with Crippen LogP contribution in [0.1, 0.15) is 0 Å². The first-order valence-corrected chi connectivity index (χ1v) is 8.83. The first kappa shape index (κ1) is 16.4. The molecule has 1 radical (unpaired) electrons. The van der Waals surface area contributed by atoms with Crippen molar-refractivity contribution in [2.75, 3.05) is 0 Å². The van der Waals surface area contributed by atoms with E-state index < -0.39 is 0 Å². The van der Waals surface area contributed by atoms with Crippen molar-refractivity contribution in [1.29, 1.82) is 0 Å². The van der Waals surface area contributed by atoms with Crippen LogP contribution < -0.4 is 0 Å². The van der Waals surface area contributed by atoms with E-state index in [4.69, 9.17) is 4.98 Å². The predicted octanol–water partition coefficient (Wildman–Crippen LogP) is 6.50. The van der Waals surface area contributed by atoms with Gasteiger partial charge in [0.25, 0.3) is 0 Å². The van der Waals surface area contributed by atoms with Crippen molar-refractivity contribution in [3.63, 3.8) is 0 Å². The van der Waals surface area contributed by atoms with Crippen molar-refractivity contribution in [3.8, 4) is 33.5 Å². The molecule has 0 atom stereocenters. The molecule has 1 nitrogen and oxygen atoms in total. The fraction of sp³-hybridized carbons (Fsp3) is 0. The summed E-state index contributed by atoms with van der Waals surface area (Å²) in [5.41, 5.74) is 8.22. The molecular weight excluding hydrogens is 506 g/mol. The van der Waals surface area contributed by atoms with Gasteiger partial charge in [0.2, 0.25) is 0 Å². The molecule has 1 aliphatic carbocycles. The first-order chi connectivity index (χ1) is 12.9. The SMILES string of the molecule is [Ir].[c-]1cc2ccccc2cc1-c1cc2c3c(cccc3n1)-c1ccccc1-2. The molecule has 0 fully saturated rings. The molecule has 6 rings (SSSR count). The van der Waals surface area contributed by atoms with Gasteiger partial charge >= 0.3 is 0 Å². The van der Waals surface area contributed by atoms with Crippen LogP contribution in [0.5, 0.6) is 0 Å². The molecule has 129 valence electrons. The summed E-state index contributed by atoms with van der Waals surface area (Å²) in [6, 6.07) is 33.3. The summed E-state index contributed by atoms with van der Waals surface area (Å²) in [4.78, 5) is 4.97. The minimum absolute atomic E-state index is 0. The summed E-state index contributed by atoms with van der Waals surface area (Å²) < 4.78 is 0. The third-order valence-corrected chi connectivity index (χ3v) is 5.30. The molecule has 0 N–H and O–H groups in total. The Hall–Kier alpha value is -2.80. The molecule has 0 saturated carbocycles. The molecule has 4 aromatic carbocycles. The van der Waals surface area contributed by atoms with Crippen LogP contribution in [0.15, 0.2) is 84.9 Å². The quantitative estimate of drug-likeness (QED) is 0.226. The first-order valence-electron chi connectivity index (χ1n) is 8.83. The van der Waals surface area contributed by atoms with Gasteiger partial charge in [-0.3, -0.25) is 4.98 Å². The van der Waals surface area contributed by atoms with E-state index in [-0.39, 0.29) is 20.1 Å². The van der Waals surface area contributed by atoms with Gasteiger partial charge in [0.15, 0.2) is 0 Å². The van der Waals surface area contributed by atoms with Crippen LogP contribution in [0.2, 0.25) is 0 Å². The maximum Gasteiger partial charge on any atom is 0.0607 e. The number of hydrogen-bond acceptors (Lipinski definition) is 1. The van der Waals surface area contributed by atoms with E-state index in [0.717, 1.165) is 16.8 Å². The van der Waals surface area contributed by atoms with E-state index in [1.165, 1.54) is 38.4 Å². The van der Waals surface area contributed by atoms with Crippen LogP contribution in [0.25, 0.3) is 55.2 Å². The Balaban J connectivity index is 0.00000160. The molecule has 0 spiro atoms. The molecule has 0 amide bonds. The molecule has 0 unspecified atom stereocenters. The molecule has 2 heteroatoms. The van der Waals surface area contributed by atoms with Crippen LogP contribution in [0, 0.1) is 6.07 Å². The third kappa shape index (κ3) is 2.38. The summed E-state index contributed by atoms with van der Waals surface area (Å²) in [5, 5.41) is 3.68. The summed E-state index contributed by atoms with van der Waals surface area (Å²) in [6.07, 6.45) is 0. The topological polar surface area (TPSA) is 12.9 Å². The average molecular weight is 521 g/mol. The summed E-state index contributed by atoms with van der Waals surface area (Å²) in [6.45, 7) is 0. The second kappa shape index (κ2) is 6.13. The van der Waals surface area contributed by atoms with Gasteiger partial charge in [0, 0.05) is 25.5 Å². The molecule has 0 bridgehead atoms. The summed E-state index contributed by atoms with van der Waals surface area (Å²) >= 11 is 0. The molecule has 1 heterocycles. The van der Waals surface area contributed by atoms with E-state index >= 15 is 0 Å². The van der Waals surface area contributed by atoms with Gasteiger partial charge < -0.3 is 0 Å². The van der Waals surface area contributed by atoms with Crippen molar-refractivity contribution in [2.45, 2.75) is 0 Å². The number of nitrogens with zero attached hydrogens (tertiary/aromatic N) is 1. The zero-order chi connectivity index (χ0) is 17.1. The van der Waals surface area contributed by atoms with Crippen molar-refractivity contribution < 1.29 is 20.1 Å². The molecule has 0 saturated heterocycles. The van der Waals surface area contributed by atoms with Crippen molar-refractivity contribution >= 4 is 21.7 Å². The number of fused-ring (bicyclic) bond motifs is 4. The van der Waals surface area contributed by atoms with Crippen LogP contribution in [-0.4, -0.2) is 4.98 Å². The maximum absolute atomic E-state index is 4.97. The number of aromatic nitrogens is 1. The molecule has 1 aliphatic rings. The Bertz CT molecular complexity index is 1340. The largest absolute Gasteiger partial charge is 0.296 e. The van der Waals surface area contributed by atoms with E-state index in [9.17, 15) is 0 Å². The monoisotopic (exact) mass is 521 g/mol. The predicted molar refractivity (Wildman–Crippen MR) is 108 cm³/mol. The average Bonchev–Trinajstić information content (AvgIpc) is 3.03. The number of hydrogen-bond donors (Lipinski definition) is 0. The molecule has 5 aromatic rings. The van der Waals surface area contributed by atoms with Crippen LogP contribution in [0.4, 0.5) is 0 Å². The van der Waals surface area contributed by atoms with Crippen molar-refractivity contribution in [2.24, 2.45) is 0 Å². The fourth-order valence-corrected chi connectivity index (χ4v) is 4.09. The van der Waals surface area contributed by atoms with E-state index in [0.29, 0.717) is 0 Å². The summed E-state index contributed by atoms with van der Waals surface area (Å²) in [5.74, 6) is 0. The standard InChI is InChI=1S/C25H14N.Ir/c1-2-7-17-14-18(13-12-16(17)6-1)24-15-22-20-9-4-3-8-19(20)21-10-5-11-23(26-24)25(21)22;/h1-12,14-15H;/q-1;. The van der Waals surface area contributed by atoms with Gasteiger partial charge in [0.05, 0.1) is 5.52 Å². The van der Waals surface area contributed by atoms with Gasteiger partial charge in [-0.05, 0) is 34.0 Å². The van der Waals surface area contributed by atoms with Gasteiger partial charge in [-0.2, -0.15) is 0 Å². The van der Waals surface area contributed by atoms with Crippen LogP contribution in [0.3, 0.4) is 0 Å². The fourth-order valence-electron chi connectivity index (χ4n) is 4.09. The van der Waals surface area contributed by atoms with Crippen LogP contribution >= 0.6 is 0 Å². The Morgan fingerprint density at radius 3 is 2.19 bits per heavy atom. The number of benzene rings is 4. The molecular formula is C25H14IrN-. The van der Waals surface area contributed by atoms with Gasteiger partial charge in [0.1, 0.15) is 0 Å². The summed E-state index contributed by atoms with van der Waals surface area (Å²) in [7, 11) is 0. The second-order valence-corrected chi connectivity index (χ2v) is 6.78. The minimum Gasteiger partial charge on any atom is -0.296 e. The van der Waals surface area contributed by atoms with Gasteiger partial charge in [-0.15, -0.1) is 29.1 Å². The normalized spacial score (nSPS) is 11.4. The third-order valence-electron chi connectivity index (χ3n) is 5.30. The molecule has 27 heavy (non-hydrogen) atoms. The Labute approximate surface area is 171 Å². The Morgan fingerprint density at radius 1 is 0.630 bits per heavy atom. The Morgan fingerprint density at radius 2 is 1.33 bits per heavy atom. The van der Waals surface area contributed by atoms with E-state index in [1.807, 2.05) is 0 Å². The number of pyridine rings is 1. The molecule has 0 aliphatic heterocycles. The van der Waals surface area contributed by atoms with Gasteiger partial charge in [-0.1, -0.05) is 72.1 Å². The second-order valence-electron chi connectivity index (χ2n) is 6.78. The number of rotatable bonds is 1. The molecule has 1 aromatic heterocycles.